The number of hydrogen-bond donors (Lipinski definition) is 1. The van der Waals surface area contributed by atoms with Crippen LogP contribution in [-0.4, -0.2) is 44.2 Å². The van der Waals surface area contributed by atoms with Crippen molar-refractivity contribution in [2.45, 2.75) is 50.0 Å². The smallest absolute Gasteiger partial charge is 0.376 e. The fourth-order valence-electron chi connectivity index (χ4n) is 2.60. The lowest BCUT2D eigenvalue weighted by molar-refractivity contribution is -0.177. The van der Waals surface area contributed by atoms with Crippen LogP contribution in [0.25, 0.3) is 0 Å². The zero-order chi connectivity index (χ0) is 12.3. The van der Waals surface area contributed by atoms with Gasteiger partial charge in [0.25, 0.3) is 0 Å². The Kier molecular flexibility index (Phi) is 4.27. The van der Waals surface area contributed by atoms with E-state index in [2.05, 4.69) is 10.1 Å². The van der Waals surface area contributed by atoms with E-state index < -0.39 is 12.8 Å². The highest BCUT2D eigenvalue weighted by Crippen LogP contribution is 2.28. The lowest BCUT2D eigenvalue weighted by Crippen LogP contribution is -2.41. The molecule has 17 heavy (non-hydrogen) atoms. The van der Waals surface area contributed by atoms with E-state index in [4.69, 9.17) is 4.74 Å². The maximum Gasteiger partial charge on any atom is 0.411 e. The molecule has 2 unspecified atom stereocenters. The molecule has 2 bridgehead atoms. The molecule has 0 amide bonds. The summed E-state index contributed by atoms with van der Waals surface area (Å²) in [7, 11) is 0. The molecule has 2 rings (SSSR count). The van der Waals surface area contributed by atoms with Crippen molar-refractivity contribution in [2.75, 3.05) is 19.8 Å². The minimum absolute atomic E-state index is 0.0127. The van der Waals surface area contributed by atoms with Crippen LogP contribution < -0.4 is 5.32 Å². The van der Waals surface area contributed by atoms with Gasteiger partial charge in [0.05, 0.1) is 19.3 Å². The summed E-state index contributed by atoms with van der Waals surface area (Å²) in [5.74, 6) is 0. The maximum absolute atomic E-state index is 11.8. The summed E-state index contributed by atoms with van der Waals surface area (Å²) in [5.41, 5.74) is 0. The van der Waals surface area contributed by atoms with Crippen molar-refractivity contribution < 1.29 is 22.6 Å². The first-order valence-electron chi connectivity index (χ1n) is 6.05. The summed E-state index contributed by atoms with van der Waals surface area (Å²) in [6.45, 7) is -0.924. The first-order chi connectivity index (χ1) is 8.03. The zero-order valence-corrected chi connectivity index (χ0v) is 9.63. The Hall–Kier alpha value is -0.330. The van der Waals surface area contributed by atoms with Gasteiger partial charge in [-0.15, -0.1) is 0 Å². The fourth-order valence-corrected chi connectivity index (χ4v) is 2.60. The van der Waals surface area contributed by atoms with Gasteiger partial charge in [0.2, 0.25) is 0 Å². The van der Waals surface area contributed by atoms with Crippen molar-refractivity contribution in [1.29, 1.82) is 0 Å². The fraction of sp³-hybridized carbons (Fsp3) is 1.00. The predicted octanol–water partition coefficient (Wildman–Crippen LogP) is 1.86. The van der Waals surface area contributed by atoms with Gasteiger partial charge in [-0.05, 0) is 25.7 Å². The molecular formula is C11H18F3NO2. The molecule has 0 aromatic rings. The topological polar surface area (TPSA) is 30.5 Å². The van der Waals surface area contributed by atoms with Crippen molar-refractivity contribution in [1.82, 2.24) is 5.32 Å². The number of ether oxygens (including phenoxy) is 2. The molecule has 2 saturated heterocycles. The molecule has 2 heterocycles. The van der Waals surface area contributed by atoms with Crippen molar-refractivity contribution in [3.8, 4) is 0 Å². The number of rotatable bonds is 5. The van der Waals surface area contributed by atoms with E-state index in [1.807, 2.05) is 0 Å². The van der Waals surface area contributed by atoms with Crippen LogP contribution in [0.2, 0.25) is 0 Å². The third kappa shape index (κ3) is 4.44. The highest BCUT2D eigenvalue weighted by molar-refractivity contribution is 4.92. The molecule has 0 aromatic heterocycles. The van der Waals surface area contributed by atoms with E-state index >= 15 is 0 Å². The first-order valence-corrected chi connectivity index (χ1v) is 6.05. The molecule has 2 aliphatic rings. The monoisotopic (exact) mass is 253 g/mol. The zero-order valence-electron chi connectivity index (χ0n) is 9.63. The van der Waals surface area contributed by atoms with Crippen LogP contribution in [0.4, 0.5) is 13.2 Å². The highest BCUT2D eigenvalue weighted by Gasteiger charge is 2.33. The van der Waals surface area contributed by atoms with Crippen LogP contribution in [0.5, 0.6) is 0 Å². The lowest BCUT2D eigenvalue weighted by Gasteiger charge is -2.29. The van der Waals surface area contributed by atoms with Crippen LogP contribution in [0.15, 0.2) is 0 Å². The summed E-state index contributed by atoms with van der Waals surface area (Å²) in [6, 6.07) is 1.07. The van der Waals surface area contributed by atoms with Crippen LogP contribution in [-0.2, 0) is 9.47 Å². The number of hydrogen-bond acceptors (Lipinski definition) is 3. The molecular weight excluding hydrogens is 235 g/mol. The van der Waals surface area contributed by atoms with E-state index in [0.29, 0.717) is 12.1 Å². The van der Waals surface area contributed by atoms with Crippen molar-refractivity contribution in [3.05, 3.63) is 0 Å². The van der Waals surface area contributed by atoms with Crippen LogP contribution in [0.1, 0.15) is 25.7 Å². The van der Waals surface area contributed by atoms with E-state index in [-0.39, 0.29) is 19.3 Å². The molecule has 2 aliphatic heterocycles. The van der Waals surface area contributed by atoms with Gasteiger partial charge >= 0.3 is 6.18 Å². The molecule has 0 saturated carbocycles. The number of nitrogens with one attached hydrogen (secondary N) is 1. The molecule has 100 valence electrons. The summed E-state index contributed by atoms with van der Waals surface area (Å²) >= 11 is 0. The molecule has 2 fully saturated rings. The van der Waals surface area contributed by atoms with E-state index in [1.54, 1.807) is 0 Å². The Morgan fingerprint density at radius 2 is 1.71 bits per heavy atom. The van der Waals surface area contributed by atoms with Gasteiger partial charge < -0.3 is 14.8 Å². The van der Waals surface area contributed by atoms with Gasteiger partial charge in [0.1, 0.15) is 6.61 Å². The summed E-state index contributed by atoms with van der Waals surface area (Å²) in [5, 5.41) is 3.48. The molecule has 0 radical (unpaired) electrons. The minimum atomic E-state index is -4.24. The van der Waals surface area contributed by atoms with Gasteiger partial charge in [-0.25, -0.2) is 0 Å². The van der Waals surface area contributed by atoms with Gasteiger partial charge in [-0.3, -0.25) is 0 Å². The second-order valence-electron chi connectivity index (χ2n) is 4.77. The standard InChI is InChI=1S/C11H18F3NO2/c12-11(13,14)7-16-3-4-17-10-5-8-1-2-9(6-10)15-8/h8-10,15H,1-7H2. The number of piperidine rings is 1. The Bertz CT molecular complexity index is 235. The molecule has 2 atom stereocenters. The quantitative estimate of drug-likeness (QED) is 0.759. The second kappa shape index (κ2) is 5.54. The molecule has 0 aromatic carbocycles. The predicted molar refractivity (Wildman–Crippen MR) is 55.8 cm³/mol. The van der Waals surface area contributed by atoms with Crippen LogP contribution in [0.3, 0.4) is 0 Å². The van der Waals surface area contributed by atoms with E-state index in [0.717, 1.165) is 12.8 Å². The SMILES string of the molecule is FC(F)(F)COCCOC1CC2CCC(C1)N2. The third-order valence-corrected chi connectivity index (χ3v) is 3.28. The summed E-state index contributed by atoms with van der Waals surface area (Å²) in [6.07, 6.45) is 0.257. The lowest BCUT2D eigenvalue weighted by atomic mass is 10.0. The number of halogens is 3. The van der Waals surface area contributed by atoms with Crippen molar-refractivity contribution >= 4 is 0 Å². The average Bonchev–Trinajstić information content (AvgIpc) is 2.56. The molecule has 6 heteroatoms. The Morgan fingerprint density at radius 3 is 2.29 bits per heavy atom. The van der Waals surface area contributed by atoms with Gasteiger partial charge in [-0.1, -0.05) is 0 Å². The molecule has 0 aliphatic carbocycles. The minimum Gasteiger partial charge on any atom is -0.376 e. The van der Waals surface area contributed by atoms with Crippen molar-refractivity contribution in [2.24, 2.45) is 0 Å². The number of fused-ring (bicyclic) bond motifs is 2. The van der Waals surface area contributed by atoms with E-state index in [9.17, 15) is 13.2 Å². The molecule has 1 N–H and O–H groups in total. The van der Waals surface area contributed by atoms with Crippen molar-refractivity contribution in [3.63, 3.8) is 0 Å². The van der Waals surface area contributed by atoms with Gasteiger partial charge in [-0.2, -0.15) is 13.2 Å². The van der Waals surface area contributed by atoms with Crippen LogP contribution >= 0.6 is 0 Å². The normalized spacial score (nSPS) is 33.0. The largest absolute Gasteiger partial charge is 0.411 e. The maximum atomic E-state index is 11.8. The Labute approximate surface area is 98.7 Å². The van der Waals surface area contributed by atoms with Gasteiger partial charge in [0, 0.05) is 12.1 Å². The molecule has 0 spiro atoms. The first kappa shape index (κ1) is 13.1. The summed E-state index contributed by atoms with van der Waals surface area (Å²) in [4.78, 5) is 0. The Balaban J connectivity index is 1.54. The molecule has 3 nitrogen and oxygen atoms in total. The second-order valence-corrected chi connectivity index (χ2v) is 4.77. The van der Waals surface area contributed by atoms with Crippen LogP contribution in [0, 0.1) is 0 Å². The van der Waals surface area contributed by atoms with Gasteiger partial charge in [0.15, 0.2) is 0 Å². The number of alkyl halides is 3. The average molecular weight is 253 g/mol. The Morgan fingerprint density at radius 1 is 1.06 bits per heavy atom. The summed E-state index contributed by atoms with van der Waals surface area (Å²) < 4.78 is 45.4. The third-order valence-electron chi connectivity index (χ3n) is 3.28. The highest BCUT2D eigenvalue weighted by atomic mass is 19.4. The van der Waals surface area contributed by atoms with E-state index in [1.165, 1.54) is 12.8 Å².